The van der Waals surface area contributed by atoms with Gasteiger partial charge in [0.05, 0.1) is 5.92 Å². The maximum Gasteiger partial charge on any atom is 0.270 e. The fourth-order valence-corrected chi connectivity index (χ4v) is 6.61. The van der Waals surface area contributed by atoms with E-state index in [-0.39, 0.29) is 29.2 Å². The molecule has 9 heteroatoms. The van der Waals surface area contributed by atoms with Crippen molar-refractivity contribution in [2.45, 2.75) is 63.2 Å². The highest BCUT2D eigenvalue weighted by molar-refractivity contribution is 7.89. The minimum absolute atomic E-state index is 0.0936. The summed E-state index contributed by atoms with van der Waals surface area (Å²) in [5.41, 5.74) is 0.312. The largest absolute Gasteiger partial charge is 0.356 e. The first-order valence-corrected chi connectivity index (χ1v) is 13.6. The van der Waals surface area contributed by atoms with Crippen LogP contribution in [-0.2, 0) is 14.8 Å². The van der Waals surface area contributed by atoms with E-state index in [9.17, 15) is 18.0 Å². The zero-order valence-electron chi connectivity index (χ0n) is 19.1. The second-order valence-corrected chi connectivity index (χ2v) is 11.6. The SMILES string of the molecule is CC1CCN(C(=O)c2cc(S(=O)(=O)N3CCC[C@H](C(=O)N4CCCCCC4)C3)c[nH]2)CC1. The number of aromatic nitrogens is 1. The first-order chi connectivity index (χ1) is 15.4. The van der Waals surface area contributed by atoms with Crippen LogP contribution in [0.5, 0.6) is 0 Å². The molecule has 3 aliphatic rings. The number of carbonyl (C=O) groups is 2. The number of hydrogen-bond acceptors (Lipinski definition) is 4. The molecule has 0 aliphatic carbocycles. The molecule has 3 fully saturated rings. The van der Waals surface area contributed by atoms with Gasteiger partial charge in [-0.25, -0.2) is 8.42 Å². The molecular weight excluding hydrogens is 428 g/mol. The summed E-state index contributed by atoms with van der Waals surface area (Å²) < 4.78 is 28.0. The number of aromatic amines is 1. The molecule has 0 spiro atoms. The van der Waals surface area contributed by atoms with Gasteiger partial charge < -0.3 is 14.8 Å². The Morgan fingerprint density at radius 1 is 0.906 bits per heavy atom. The Bertz CT molecular complexity index is 912. The molecule has 1 N–H and O–H groups in total. The number of rotatable bonds is 4. The van der Waals surface area contributed by atoms with Crippen LogP contribution in [0.25, 0.3) is 0 Å². The predicted molar refractivity (Wildman–Crippen MR) is 122 cm³/mol. The molecule has 4 rings (SSSR count). The van der Waals surface area contributed by atoms with Crippen molar-refractivity contribution in [2.24, 2.45) is 11.8 Å². The molecule has 32 heavy (non-hydrogen) atoms. The van der Waals surface area contributed by atoms with E-state index in [0.29, 0.717) is 37.7 Å². The average Bonchev–Trinajstić information content (AvgIpc) is 3.16. The van der Waals surface area contributed by atoms with Gasteiger partial charge in [-0.3, -0.25) is 9.59 Å². The summed E-state index contributed by atoms with van der Waals surface area (Å²) in [5.74, 6) is 0.275. The van der Waals surface area contributed by atoms with Gasteiger partial charge in [-0.1, -0.05) is 19.8 Å². The van der Waals surface area contributed by atoms with Crippen LogP contribution in [0.1, 0.15) is 68.8 Å². The number of nitrogens with zero attached hydrogens (tertiary/aromatic N) is 3. The number of carbonyl (C=O) groups excluding carboxylic acids is 2. The second-order valence-electron chi connectivity index (χ2n) is 9.67. The minimum Gasteiger partial charge on any atom is -0.356 e. The number of sulfonamides is 1. The van der Waals surface area contributed by atoms with E-state index in [1.165, 1.54) is 16.6 Å². The quantitative estimate of drug-likeness (QED) is 0.741. The van der Waals surface area contributed by atoms with Crippen LogP contribution in [0, 0.1) is 11.8 Å². The molecule has 2 amide bonds. The van der Waals surface area contributed by atoms with Crippen LogP contribution in [0.4, 0.5) is 0 Å². The van der Waals surface area contributed by atoms with E-state index >= 15 is 0 Å². The topological polar surface area (TPSA) is 93.8 Å². The Morgan fingerprint density at radius 3 is 2.28 bits per heavy atom. The molecule has 3 saturated heterocycles. The third-order valence-corrected chi connectivity index (χ3v) is 9.09. The van der Waals surface area contributed by atoms with Gasteiger partial charge in [-0.2, -0.15) is 4.31 Å². The summed E-state index contributed by atoms with van der Waals surface area (Å²) in [4.78, 5) is 32.6. The van der Waals surface area contributed by atoms with Gasteiger partial charge in [0.15, 0.2) is 0 Å². The van der Waals surface area contributed by atoms with Crippen molar-refractivity contribution in [3.8, 4) is 0 Å². The van der Waals surface area contributed by atoms with E-state index in [1.807, 2.05) is 4.90 Å². The van der Waals surface area contributed by atoms with Crippen LogP contribution in [0.3, 0.4) is 0 Å². The highest BCUT2D eigenvalue weighted by Crippen LogP contribution is 2.27. The molecule has 178 valence electrons. The average molecular weight is 465 g/mol. The zero-order chi connectivity index (χ0) is 22.7. The van der Waals surface area contributed by atoms with Crippen molar-refractivity contribution in [1.29, 1.82) is 0 Å². The first-order valence-electron chi connectivity index (χ1n) is 12.1. The number of piperidine rings is 2. The fraction of sp³-hybridized carbons (Fsp3) is 0.739. The molecule has 1 aromatic heterocycles. The summed E-state index contributed by atoms with van der Waals surface area (Å²) in [7, 11) is -3.76. The van der Waals surface area contributed by atoms with Crippen molar-refractivity contribution < 1.29 is 18.0 Å². The minimum atomic E-state index is -3.76. The number of nitrogens with one attached hydrogen (secondary N) is 1. The van der Waals surface area contributed by atoms with Gasteiger partial charge in [0, 0.05) is 45.5 Å². The smallest absolute Gasteiger partial charge is 0.270 e. The third kappa shape index (κ3) is 5.03. The molecule has 4 heterocycles. The fourth-order valence-electron chi connectivity index (χ4n) is 5.09. The van der Waals surface area contributed by atoms with Gasteiger partial charge in [0.2, 0.25) is 15.9 Å². The number of likely N-dealkylation sites (tertiary alicyclic amines) is 2. The Hall–Kier alpha value is -1.87. The monoisotopic (exact) mass is 464 g/mol. The molecular formula is C23H36N4O4S. The maximum atomic E-state index is 13.3. The first kappa shape index (κ1) is 23.3. The molecule has 0 saturated carbocycles. The molecule has 1 atom stereocenters. The van der Waals surface area contributed by atoms with Gasteiger partial charge in [0.1, 0.15) is 10.6 Å². The van der Waals surface area contributed by atoms with Crippen LogP contribution in [0.15, 0.2) is 17.2 Å². The van der Waals surface area contributed by atoms with Gasteiger partial charge in [-0.05, 0) is 50.5 Å². The number of H-pyrrole nitrogens is 1. The molecule has 0 radical (unpaired) electrons. The molecule has 0 unspecified atom stereocenters. The standard InChI is InChI=1S/C23H36N4O4S/c1-18-8-13-26(14-9-18)23(29)21-15-20(16-24-21)32(30,31)27-12-6-7-19(17-27)22(28)25-10-4-2-3-5-11-25/h15-16,18-19,24H,2-14,17H2,1H3/t19-/m0/s1. The zero-order valence-corrected chi connectivity index (χ0v) is 19.9. The van der Waals surface area contributed by atoms with Gasteiger partial charge in [-0.15, -0.1) is 0 Å². The summed E-state index contributed by atoms with van der Waals surface area (Å²) in [6, 6.07) is 1.45. The van der Waals surface area contributed by atoms with E-state index < -0.39 is 10.0 Å². The lowest BCUT2D eigenvalue weighted by Crippen LogP contribution is -2.46. The summed E-state index contributed by atoms with van der Waals surface area (Å²) in [6.45, 7) is 5.77. The molecule has 3 aliphatic heterocycles. The molecule has 1 aromatic rings. The lowest BCUT2D eigenvalue weighted by atomic mass is 9.98. The van der Waals surface area contributed by atoms with Gasteiger partial charge in [0.25, 0.3) is 5.91 Å². The van der Waals surface area contributed by atoms with Crippen LogP contribution >= 0.6 is 0 Å². The highest BCUT2D eigenvalue weighted by Gasteiger charge is 2.36. The Labute approximate surface area is 191 Å². The van der Waals surface area contributed by atoms with Crippen LogP contribution in [-0.4, -0.2) is 78.6 Å². The van der Waals surface area contributed by atoms with E-state index in [4.69, 9.17) is 0 Å². The van der Waals surface area contributed by atoms with E-state index in [0.717, 1.165) is 58.0 Å². The summed E-state index contributed by atoms with van der Waals surface area (Å²) >= 11 is 0. The van der Waals surface area contributed by atoms with Crippen LogP contribution < -0.4 is 0 Å². The summed E-state index contributed by atoms with van der Waals surface area (Å²) in [5, 5.41) is 0. The third-order valence-electron chi connectivity index (χ3n) is 7.25. The van der Waals surface area contributed by atoms with Crippen molar-refractivity contribution >= 4 is 21.8 Å². The normalized spacial score (nSPS) is 24.3. The lowest BCUT2D eigenvalue weighted by Gasteiger charge is -2.34. The molecule has 0 bridgehead atoms. The Balaban J connectivity index is 1.42. The predicted octanol–water partition coefficient (Wildman–Crippen LogP) is 2.69. The van der Waals surface area contributed by atoms with Crippen molar-refractivity contribution in [2.75, 3.05) is 39.3 Å². The number of hydrogen-bond donors (Lipinski definition) is 1. The Kier molecular flexibility index (Phi) is 7.24. The van der Waals surface area contributed by atoms with Crippen molar-refractivity contribution in [3.63, 3.8) is 0 Å². The number of amides is 2. The highest BCUT2D eigenvalue weighted by atomic mass is 32.2. The molecule has 8 nitrogen and oxygen atoms in total. The van der Waals surface area contributed by atoms with Gasteiger partial charge >= 0.3 is 0 Å². The Morgan fingerprint density at radius 2 is 1.59 bits per heavy atom. The lowest BCUT2D eigenvalue weighted by molar-refractivity contribution is -0.136. The van der Waals surface area contributed by atoms with Crippen molar-refractivity contribution in [3.05, 3.63) is 18.0 Å². The van der Waals surface area contributed by atoms with Crippen LogP contribution in [0.2, 0.25) is 0 Å². The van der Waals surface area contributed by atoms with Crippen molar-refractivity contribution in [1.82, 2.24) is 19.1 Å². The second kappa shape index (κ2) is 9.95. The van der Waals surface area contributed by atoms with E-state index in [1.54, 1.807) is 4.90 Å². The van der Waals surface area contributed by atoms with E-state index in [2.05, 4.69) is 11.9 Å². The summed E-state index contributed by atoms with van der Waals surface area (Å²) in [6.07, 6.45) is 9.11. The molecule has 0 aromatic carbocycles. The maximum absolute atomic E-state index is 13.3.